The van der Waals surface area contributed by atoms with Crippen molar-refractivity contribution >= 4 is 11.8 Å². The fourth-order valence-corrected chi connectivity index (χ4v) is 2.92. The molecule has 1 nitrogen and oxygen atoms in total. The summed E-state index contributed by atoms with van der Waals surface area (Å²) in [5, 5.41) is 0.630. The Hall–Kier alpha value is -0.470. The number of ether oxygens (including phenoxy) is 1. The molecule has 0 aliphatic heterocycles. The number of aryl methyl sites for hydroxylation is 2. The molecule has 0 N–H and O–H groups in total. The first-order chi connectivity index (χ1) is 8.40. The monoisotopic (exact) mass is 266 g/mol. The average molecular weight is 266 g/mol. The maximum Gasteiger partial charge on any atom is 0.0717 e. The lowest BCUT2D eigenvalue weighted by Crippen LogP contribution is -2.03. The summed E-state index contributed by atoms with van der Waals surface area (Å²) < 4.78 is 5.71. The van der Waals surface area contributed by atoms with Crippen LogP contribution in [0.15, 0.2) is 17.0 Å². The second-order valence-electron chi connectivity index (χ2n) is 5.63. The number of rotatable bonds is 6. The molecule has 1 aromatic carbocycles. The SMILES string of the molecule is Cc1cc(COCC(C)C)cc(C)c1SC(C)C. The van der Waals surface area contributed by atoms with E-state index in [2.05, 4.69) is 53.7 Å². The molecule has 0 unspecified atom stereocenters. The Labute approximate surface area is 116 Å². The van der Waals surface area contributed by atoms with Crippen LogP contribution in [-0.2, 0) is 11.3 Å². The highest BCUT2D eigenvalue weighted by molar-refractivity contribution is 8.00. The zero-order valence-electron chi connectivity index (χ0n) is 12.5. The molecule has 1 aromatic rings. The van der Waals surface area contributed by atoms with Crippen molar-refractivity contribution < 1.29 is 4.74 Å². The molecule has 0 saturated heterocycles. The number of hydrogen-bond acceptors (Lipinski definition) is 2. The first-order valence-corrected chi connectivity index (χ1v) is 7.62. The van der Waals surface area contributed by atoms with Crippen LogP contribution in [0.2, 0.25) is 0 Å². The van der Waals surface area contributed by atoms with E-state index in [1.54, 1.807) is 0 Å². The minimum atomic E-state index is 0.600. The van der Waals surface area contributed by atoms with Crippen LogP contribution in [0.5, 0.6) is 0 Å². The third kappa shape index (κ3) is 5.03. The predicted molar refractivity (Wildman–Crippen MR) is 81.4 cm³/mol. The van der Waals surface area contributed by atoms with E-state index in [0.717, 1.165) is 13.2 Å². The molecule has 0 amide bonds. The van der Waals surface area contributed by atoms with Gasteiger partial charge in [0.25, 0.3) is 0 Å². The van der Waals surface area contributed by atoms with E-state index < -0.39 is 0 Å². The topological polar surface area (TPSA) is 9.23 Å². The summed E-state index contributed by atoms with van der Waals surface area (Å²) >= 11 is 1.95. The van der Waals surface area contributed by atoms with Gasteiger partial charge in [-0.25, -0.2) is 0 Å². The van der Waals surface area contributed by atoms with Crippen molar-refractivity contribution in [1.82, 2.24) is 0 Å². The molecule has 0 atom stereocenters. The van der Waals surface area contributed by atoms with Crippen LogP contribution in [0.4, 0.5) is 0 Å². The second-order valence-corrected chi connectivity index (χ2v) is 7.22. The Morgan fingerprint density at radius 3 is 2.06 bits per heavy atom. The zero-order chi connectivity index (χ0) is 13.7. The summed E-state index contributed by atoms with van der Waals surface area (Å²) in [6, 6.07) is 4.52. The molecule has 0 radical (unpaired) electrons. The van der Waals surface area contributed by atoms with E-state index in [0.29, 0.717) is 11.2 Å². The minimum Gasteiger partial charge on any atom is -0.377 e. The van der Waals surface area contributed by atoms with Gasteiger partial charge in [0.1, 0.15) is 0 Å². The quantitative estimate of drug-likeness (QED) is 0.672. The van der Waals surface area contributed by atoms with Crippen LogP contribution >= 0.6 is 11.8 Å². The van der Waals surface area contributed by atoms with Gasteiger partial charge < -0.3 is 4.74 Å². The van der Waals surface area contributed by atoms with Gasteiger partial charge in [0.2, 0.25) is 0 Å². The number of benzene rings is 1. The lowest BCUT2D eigenvalue weighted by atomic mass is 10.1. The smallest absolute Gasteiger partial charge is 0.0717 e. The molecule has 0 aliphatic rings. The summed E-state index contributed by atoms with van der Waals surface area (Å²) in [5.74, 6) is 0.600. The van der Waals surface area contributed by atoms with Gasteiger partial charge in [-0.15, -0.1) is 11.8 Å². The van der Waals surface area contributed by atoms with Gasteiger partial charge in [0, 0.05) is 16.8 Å². The third-order valence-electron chi connectivity index (χ3n) is 2.59. The largest absolute Gasteiger partial charge is 0.377 e. The predicted octanol–water partition coefficient (Wildman–Crippen LogP) is 4.98. The van der Waals surface area contributed by atoms with Crippen LogP contribution in [-0.4, -0.2) is 11.9 Å². The maximum atomic E-state index is 5.71. The van der Waals surface area contributed by atoms with Gasteiger partial charge in [0.05, 0.1) is 6.61 Å². The van der Waals surface area contributed by atoms with Crippen molar-refractivity contribution in [2.45, 2.75) is 58.3 Å². The van der Waals surface area contributed by atoms with E-state index in [9.17, 15) is 0 Å². The van der Waals surface area contributed by atoms with Gasteiger partial charge in [-0.05, 0) is 36.5 Å². The Bertz CT molecular complexity index is 360. The molecule has 0 heterocycles. The van der Waals surface area contributed by atoms with Gasteiger partial charge in [-0.2, -0.15) is 0 Å². The van der Waals surface area contributed by atoms with E-state index in [-0.39, 0.29) is 0 Å². The lowest BCUT2D eigenvalue weighted by molar-refractivity contribution is 0.0970. The first kappa shape index (κ1) is 15.6. The van der Waals surface area contributed by atoms with Crippen molar-refractivity contribution in [3.63, 3.8) is 0 Å². The Balaban J connectivity index is 2.73. The average Bonchev–Trinajstić information content (AvgIpc) is 2.22. The fraction of sp³-hybridized carbons (Fsp3) is 0.625. The summed E-state index contributed by atoms with van der Waals surface area (Å²) in [5.41, 5.74) is 4.03. The molecule has 18 heavy (non-hydrogen) atoms. The highest BCUT2D eigenvalue weighted by Gasteiger charge is 2.08. The molecule has 0 saturated carbocycles. The van der Waals surface area contributed by atoms with Gasteiger partial charge in [-0.3, -0.25) is 0 Å². The van der Waals surface area contributed by atoms with Crippen LogP contribution in [0.1, 0.15) is 44.4 Å². The molecule has 0 fully saturated rings. The minimum absolute atomic E-state index is 0.600. The lowest BCUT2D eigenvalue weighted by Gasteiger charge is -2.14. The van der Waals surface area contributed by atoms with E-state index in [1.807, 2.05) is 11.8 Å². The van der Waals surface area contributed by atoms with Crippen LogP contribution in [0.25, 0.3) is 0 Å². The van der Waals surface area contributed by atoms with Crippen molar-refractivity contribution in [1.29, 1.82) is 0 Å². The van der Waals surface area contributed by atoms with E-state index in [4.69, 9.17) is 4.74 Å². The number of thioether (sulfide) groups is 1. The molecule has 0 aliphatic carbocycles. The highest BCUT2D eigenvalue weighted by atomic mass is 32.2. The molecule has 102 valence electrons. The molecule has 0 spiro atoms. The van der Waals surface area contributed by atoms with Crippen molar-refractivity contribution in [3.05, 3.63) is 28.8 Å². The van der Waals surface area contributed by atoms with Crippen LogP contribution < -0.4 is 0 Å². The van der Waals surface area contributed by atoms with Crippen LogP contribution in [0, 0.1) is 19.8 Å². The van der Waals surface area contributed by atoms with Gasteiger partial charge >= 0.3 is 0 Å². The standard InChI is InChI=1S/C16H26OS/c1-11(2)9-17-10-15-7-13(5)16(14(6)8-15)18-12(3)4/h7-8,11-12H,9-10H2,1-6H3. The second kappa shape index (κ2) is 7.20. The Kier molecular flexibility index (Phi) is 6.24. The zero-order valence-corrected chi connectivity index (χ0v) is 13.4. The molecule has 1 rings (SSSR count). The third-order valence-corrected chi connectivity index (χ3v) is 3.94. The summed E-state index contributed by atoms with van der Waals surface area (Å²) in [6.07, 6.45) is 0. The molecule has 2 heteroatoms. The first-order valence-electron chi connectivity index (χ1n) is 6.74. The van der Waals surface area contributed by atoms with Crippen molar-refractivity contribution in [3.8, 4) is 0 Å². The molecular formula is C16H26OS. The van der Waals surface area contributed by atoms with Crippen molar-refractivity contribution in [2.24, 2.45) is 5.92 Å². The van der Waals surface area contributed by atoms with Gasteiger partial charge in [0.15, 0.2) is 0 Å². The van der Waals surface area contributed by atoms with Gasteiger partial charge in [-0.1, -0.05) is 39.8 Å². The van der Waals surface area contributed by atoms with E-state index >= 15 is 0 Å². The Morgan fingerprint density at radius 1 is 1.06 bits per heavy atom. The molecule has 0 aromatic heterocycles. The maximum absolute atomic E-state index is 5.71. The number of hydrogen-bond donors (Lipinski definition) is 0. The molecule has 0 bridgehead atoms. The molecular weight excluding hydrogens is 240 g/mol. The summed E-state index contributed by atoms with van der Waals surface area (Å²) in [4.78, 5) is 1.43. The summed E-state index contributed by atoms with van der Waals surface area (Å²) in [7, 11) is 0. The van der Waals surface area contributed by atoms with E-state index in [1.165, 1.54) is 21.6 Å². The van der Waals surface area contributed by atoms with Crippen molar-refractivity contribution in [2.75, 3.05) is 6.61 Å². The highest BCUT2D eigenvalue weighted by Crippen LogP contribution is 2.30. The Morgan fingerprint density at radius 2 is 1.61 bits per heavy atom. The normalized spacial score (nSPS) is 11.6. The summed E-state index contributed by atoms with van der Waals surface area (Å²) in [6.45, 7) is 14.8. The fourth-order valence-electron chi connectivity index (χ4n) is 1.96. The van der Waals surface area contributed by atoms with Crippen LogP contribution in [0.3, 0.4) is 0 Å².